The molecule has 0 aliphatic rings. The lowest BCUT2D eigenvalue weighted by molar-refractivity contribution is 0.0951. The lowest BCUT2D eigenvalue weighted by Gasteiger charge is -2.17. The van der Waals surface area contributed by atoms with Gasteiger partial charge in [-0.15, -0.1) is 0 Å². The Morgan fingerprint density at radius 3 is 2.78 bits per heavy atom. The van der Waals surface area contributed by atoms with Crippen LogP contribution in [0.25, 0.3) is 0 Å². The topological polar surface area (TPSA) is 45.2 Å². The van der Waals surface area contributed by atoms with Crippen LogP contribution in [0.5, 0.6) is 0 Å². The van der Waals surface area contributed by atoms with Gasteiger partial charge in [0.25, 0.3) is 5.91 Å². The smallest absolute Gasteiger partial charge is 0.251 e. The number of carbonyl (C=O) groups excluding carboxylic acids is 1. The van der Waals surface area contributed by atoms with E-state index in [1.165, 1.54) is 6.20 Å². The highest BCUT2D eigenvalue weighted by Crippen LogP contribution is 2.06. The third-order valence-corrected chi connectivity index (χ3v) is 3.03. The van der Waals surface area contributed by atoms with E-state index in [2.05, 4.69) is 29.0 Å². The molecule has 1 rings (SSSR count). The van der Waals surface area contributed by atoms with Gasteiger partial charge in [0.1, 0.15) is 5.15 Å². The minimum absolute atomic E-state index is 0.0983. The molecule has 18 heavy (non-hydrogen) atoms. The molecule has 0 aliphatic heterocycles. The van der Waals surface area contributed by atoms with E-state index in [-0.39, 0.29) is 5.91 Å². The van der Waals surface area contributed by atoms with Crippen LogP contribution in [-0.4, -0.2) is 42.0 Å². The zero-order valence-corrected chi connectivity index (χ0v) is 11.7. The van der Waals surface area contributed by atoms with E-state index < -0.39 is 0 Å². The maximum absolute atomic E-state index is 11.8. The first kappa shape index (κ1) is 14.9. The van der Waals surface area contributed by atoms with Crippen molar-refractivity contribution in [2.24, 2.45) is 0 Å². The molecule has 0 atom stereocenters. The van der Waals surface area contributed by atoms with Crippen LogP contribution in [0.15, 0.2) is 18.3 Å². The Hall–Kier alpha value is -1.13. The summed E-state index contributed by atoms with van der Waals surface area (Å²) in [5.74, 6) is -0.0983. The summed E-state index contributed by atoms with van der Waals surface area (Å²) in [7, 11) is 0. The maximum Gasteiger partial charge on any atom is 0.251 e. The zero-order valence-electron chi connectivity index (χ0n) is 10.9. The van der Waals surface area contributed by atoms with Crippen LogP contribution in [0.1, 0.15) is 30.6 Å². The van der Waals surface area contributed by atoms with Gasteiger partial charge in [0.15, 0.2) is 0 Å². The largest absolute Gasteiger partial charge is 0.352 e. The maximum atomic E-state index is 11.8. The summed E-state index contributed by atoms with van der Waals surface area (Å²) in [6.45, 7) is 8.05. The Morgan fingerprint density at radius 2 is 2.17 bits per heavy atom. The number of nitrogens with zero attached hydrogens (tertiary/aromatic N) is 2. The molecule has 0 fully saturated rings. The SMILES string of the molecule is CCN(CC)CCCNC(=O)c1ccnc(Cl)c1. The molecule has 0 aliphatic carbocycles. The van der Waals surface area contributed by atoms with Gasteiger partial charge in [-0.05, 0) is 38.2 Å². The fourth-order valence-corrected chi connectivity index (χ4v) is 1.86. The van der Waals surface area contributed by atoms with Crippen molar-refractivity contribution in [1.82, 2.24) is 15.2 Å². The molecule has 5 heteroatoms. The second-order valence-corrected chi connectivity index (χ2v) is 4.39. The van der Waals surface area contributed by atoms with Crippen LogP contribution in [0.3, 0.4) is 0 Å². The number of pyridine rings is 1. The van der Waals surface area contributed by atoms with Crippen molar-refractivity contribution >= 4 is 17.5 Å². The molecule has 1 N–H and O–H groups in total. The van der Waals surface area contributed by atoms with Crippen molar-refractivity contribution in [2.45, 2.75) is 20.3 Å². The molecule has 4 nitrogen and oxygen atoms in total. The molecular formula is C13H20ClN3O. The normalized spacial score (nSPS) is 10.7. The Morgan fingerprint density at radius 1 is 1.44 bits per heavy atom. The lowest BCUT2D eigenvalue weighted by atomic mass is 10.2. The van der Waals surface area contributed by atoms with Crippen LogP contribution >= 0.6 is 11.6 Å². The molecule has 100 valence electrons. The average Bonchev–Trinajstić information content (AvgIpc) is 2.38. The average molecular weight is 270 g/mol. The van der Waals surface area contributed by atoms with E-state index in [4.69, 9.17) is 11.6 Å². The number of nitrogens with one attached hydrogen (secondary N) is 1. The minimum atomic E-state index is -0.0983. The molecular weight excluding hydrogens is 250 g/mol. The number of hydrogen-bond acceptors (Lipinski definition) is 3. The highest BCUT2D eigenvalue weighted by molar-refractivity contribution is 6.29. The van der Waals surface area contributed by atoms with Crippen molar-refractivity contribution in [3.63, 3.8) is 0 Å². The molecule has 0 bridgehead atoms. The predicted octanol–water partition coefficient (Wildman–Crippen LogP) is 2.20. The van der Waals surface area contributed by atoms with Gasteiger partial charge >= 0.3 is 0 Å². The number of amides is 1. The first-order valence-corrected chi connectivity index (χ1v) is 6.67. The van der Waals surface area contributed by atoms with Crippen LogP contribution in [-0.2, 0) is 0 Å². The highest BCUT2D eigenvalue weighted by Gasteiger charge is 2.05. The third kappa shape index (κ3) is 5.02. The van der Waals surface area contributed by atoms with Crippen LogP contribution in [0, 0.1) is 0 Å². The quantitative estimate of drug-likeness (QED) is 0.610. The Kier molecular flexibility index (Phi) is 6.68. The van der Waals surface area contributed by atoms with E-state index in [0.717, 1.165) is 26.1 Å². The summed E-state index contributed by atoms with van der Waals surface area (Å²) in [4.78, 5) is 17.9. The van der Waals surface area contributed by atoms with Crippen molar-refractivity contribution in [3.8, 4) is 0 Å². The standard InChI is InChI=1S/C13H20ClN3O/c1-3-17(4-2)9-5-7-16-13(18)11-6-8-15-12(14)10-11/h6,8,10H,3-5,7,9H2,1-2H3,(H,16,18). The number of aromatic nitrogens is 1. The van der Waals surface area contributed by atoms with Gasteiger partial charge in [-0.3, -0.25) is 4.79 Å². The molecule has 1 heterocycles. The van der Waals surface area contributed by atoms with Crippen molar-refractivity contribution in [2.75, 3.05) is 26.2 Å². The van der Waals surface area contributed by atoms with E-state index >= 15 is 0 Å². The van der Waals surface area contributed by atoms with Gasteiger partial charge in [0.2, 0.25) is 0 Å². The van der Waals surface area contributed by atoms with Gasteiger partial charge in [-0.1, -0.05) is 25.4 Å². The summed E-state index contributed by atoms with van der Waals surface area (Å²) in [5.41, 5.74) is 0.554. The molecule has 0 radical (unpaired) electrons. The summed E-state index contributed by atoms with van der Waals surface area (Å²) in [6, 6.07) is 3.23. The van der Waals surface area contributed by atoms with Crippen molar-refractivity contribution in [1.29, 1.82) is 0 Å². The Balaban J connectivity index is 2.29. The third-order valence-electron chi connectivity index (χ3n) is 2.82. The lowest BCUT2D eigenvalue weighted by Crippen LogP contribution is -2.29. The van der Waals surface area contributed by atoms with E-state index in [1.807, 2.05) is 0 Å². The fraction of sp³-hybridized carbons (Fsp3) is 0.538. The number of halogens is 1. The first-order chi connectivity index (χ1) is 8.67. The van der Waals surface area contributed by atoms with Crippen LogP contribution in [0.2, 0.25) is 5.15 Å². The minimum Gasteiger partial charge on any atom is -0.352 e. The van der Waals surface area contributed by atoms with Gasteiger partial charge in [0.05, 0.1) is 0 Å². The number of hydrogen-bond donors (Lipinski definition) is 1. The second-order valence-electron chi connectivity index (χ2n) is 4.00. The molecule has 0 saturated heterocycles. The van der Waals surface area contributed by atoms with Gasteiger partial charge in [0, 0.05) is 18.3 Å². The molecule has 0 unspecified atom stereocenters. The Labute approximate surface area is 113 Å². The van der Waals surface area contributed by atoms with Gasteiger partial charge in [-0.2, -0.15) is 0 Å². The molecule has 1 amide bonds. The predicted molar refractivity (Wildman–Crippen MR) is 74.0 cm³/mol. The fourth-order valence-electron chi connectivity index (χ4n) is 1.69. The van der Waals surface area contributed by atoms with Gasteiger partial charge < -0.3 is 10.2 Å². The summed E-state index contributed by atoms with van der Waals surface area (Å²) in [6.07, 6.45) is 2.49. The summed E-state index contributed by atoms with van der Waals surface area (Å²) >= 11 is 5.73. The zero-order chi connectivity index (χ0) is 13.4. The molecule has 0 aromatic carbocycles. The summed E-state index contributed by atoms with van der Waals surface area (Å²) in [5, 5.41) is 3.22. The number of carbonyl (C=O) groups is 1. The molecule has 0 saturated carbocycles. The first-order valence-electron chi connectivity index (χ1n) is 6.29. The Bertz CT molecular complexity index is 380. The van der Waals surface area contributed by atoms with Crippen LogP contribution < -0.4 is 5.32 Å². The monoisotopic (exact) mass is 269 g/mol. The second kappa shape index (κ2) is 8.06. The van der Waals surface area contributed by atoms with Crippen LogP contribution in [0.4, 0.5) is 0 Å². The van der Waals surface area contributed by atoms with Crippen molar-refractivity contribution in [3.05, 3.63) is 29.0 Å². The van der Waals surface area contributed by atoms with Crippen molar-refractivity contribution < 1.29 is 4.79 Å². The van der Waals surface area contributed by atoms with E-state index in [9.17, 15) is 4.79 Å². The molecule has 1 aromatic heterocycles. The number of rotatable bonds is 7. The molecule has 0 spiro atoms. The molecule has 1 aromatic rings. The summed E-state index contributed by atoms with van der Waals surface area (Å²) < 4.78 is 0. The van der Waals surface area contributed by atoms with Gasteiger partial charge in [-0.25, -0.2) is 4.98 Å². The van der Waals surface area contributed by atoms with E-state index in [1.54, 1.807) is 12.1 Å². The van der Waals surface area contributed by atoms with E-state index in [0.29, 0.717) is 17.3 Å². The highest BCUT2D eigenvalue weighted by atomic mass is 35.5.